The van der Waals surface area contributed by atoms with Crippen LogP contribution >= 0.6 is 0 Å². The Bertz CT molecular complexity index is 1290. The SMILES string of the molecule is C=C(CO)C(=O)OCC(COC(O)C(=C)CO)c1ccc(-c2ccc(CCC3CCC(CCCCC)CC3)c(F)c2F)c(F)c1. The molecule has 0 bridgehead atoms. The van der Waals surface area contributed by atoms with Crippen LogP contribution in [0.4, 0.5) is 13.2 Å². The third-order valence-electron chi connectivity index (χ3n) is 8.82. The lowest BCUT2D eigenvalue weighted by atomic mass is 9.77. The van der Waals surface area contributed by atoms with Crippen molar-refractivity contribution in [1.29, 1.82) is 0 Å². The van der Waals surface area contributed by atoms with Crippen LogP contribution in [0.3, 0.4) is 0 Å². The van der Waals surface area contributed by atoms with Crippen molar-refractivity contribution in [3.05, 3.63) is 83.2 Å². The van der Waals surface area contributed by atoms with Gasteiger partial charge in [0.1, 0.15) is 12.4 Å². The van der Waals surface area contributed by atoms with E-state index >= 15 is 13.2 Å². The van der Waals surface area contributed by atoms with Crippen LogP contribution in [-0.2, 0) is 20.7 Å². The molecule has 1 aliphatic rings. The van der Waals surface area contributed by atoms with E-state index in [2.05, 4.69) is 20.1 Å². The predicted molar refractivity (Wildman–Crippen MR) is 168 cm³/mol. The average Bonchev–Trinajstić information content (AvgIpc) is 3.05. The summed E-state index contributed by atoms with van der Waals surface area (Å²) in [5.74, 6) is -3.30. The number of unbranched alkanes of at least 4 members (excludes halogenated alkanes) is 2. The van der Waals surface area contributed by atoms with Gasteiger partial charge in [0.2, 0.25) is 0 Å². The molecule has 1 aliphatic carbocycles. The van der Waals surface area contributed by atoms with Gasteiger partial charge < -0.3 is 24.8 Å². The zero-order valence-corrected chi connectivity index (χ0v) is 26.2. The molecule has 248 valence electrons. The number of esters is 1. The molecule has 0 aromatic heterocycles. The molecule has 0 saturated heterocycles. The highest BCUT2D eigenvalue weighted by molar-refractivity contribution is 5.87. The Morgan fingerprint density at radius 2 is 1.58 bits per heavy atom. The van der Waals surface area contributed by atoms with Gasteiger partial charge in [-0.2, -0.15) is 0 Å². The Balaban J connectivity index is 1.70. The van der Waals surface area contributed by atoms with E-state index in [-0.39, 0.29) is 46.6 Å². The molecule has 6 nitrogen and oxygen atoms in total. The van der Waals surface area contributed by atoms with Crippen molar-refractivity contribution in [2.24, 2.45) is 11.8 Å². The number of hydrogen-bond acceptors (Lipinski definition) is 6. The van der Waals surface area contributed by atoms with Crippen LogP contribution in [0.1, 0.15) is 81.8 Å². The Labute approximate surface area is 264 Å². The topological polar surface area (TPSA) is 96.2 Å². The minimum absolute atomic E-state index is 0.00735. The summed E-state index contributed by atoms with van der Waals surface area (Å²) in [6.45, 7) is 7.37. The monoisotopic (exact) mass is 632 g/mol. The van der Waals surface area contributed by atoms with Crippen molar-refractivity contribution in [1.82, 2.24) is 0 Å². The molecule has 0 radical (unpaired) electrons. The maximum atomic E-state index is 15.4. The molecule has 0 aliphatic heterocycles. The summed E-state index contributed by atoms with van der Waals surface area (Å²) >= 11 is 0. The Morgan fingerprint density at radius 3 is 2.20 bits per heavy atom. The lowest BCUT2D eigenvalue weighted by Gasteiger charge is -2.28. The van der Waals surface area contributed by atoms with Gasteiger partial charge in [-0.1, -0.05) is 95.7 Å². The maximum absolute atomic E-state index is 15.4. The van der Waals surface area contributed by atoms with Crippen molar-refractivity contribution in [2.75, 3.05) is 26.4 Å². The fourth-order valence-electron chi connectivity index (χ4n) is 5.83. The zero-order valence-electron chi connectivity index (χ0n) is 26.2. The molecule has 2 aromatic rings. The molecule has 2 aromatic carbocycles. The van der Waals surface area contributed by atoms with E-state index in [0.717, 1.165) is 31.2 Å². The van der Waals surface area contributed by atoms with Crippen LogP contribution in [0, 0.1) is 29.3 Å². The number of aryl methyl sites for hydroxylation is 1. The first-order chi connectivity index (χ1) is 21.6. The summed E-state index contributed by atoms with van der Waals surface area (Å²) in [5, 5.41) is 28.3. The number of ether oxygens (including phenoxy) is 2. The minimum Gasteiger partial charge on any atom is -0.462 e. The molecule has 2 atom stereocenters. The number of carbonyl (C=O) groups is 1. The Hall–Kier alpha value is -2.98. The summed E-state index contributed by atoms with van der Waals surface area (Å²) in [7, 11) is 0. The third kappa shape index (κ3) is 10.5. The molecular weight excluding hydrogens is 585 g/mol. The van der Waals surface area contributed by atoms with Crippen molar-refractivity contribution < 1.29 is 42.8 Å². The number of rotatable bonds is 18. The van der Waals surface area contributed by atoms with Crippen molar-refractivity contribution in [2.45, 2.75) is 83.3 Å². The van der Waals surface area contributed by atoms with Gasteiger partial charge in [0, 0.05) is 22.6 Å². The highest BCUT2D eigenvalue weighted by Crippen LogP contribution is 2.36. The van der Waals surface area contributed by atoms with E-state index in [4.69, 9.17) is 19.7 Å². The van der Waals surface area contributed by atoms with Gasteiger partial charge in [-0.15, -0.1) is 0 Å². The second kappa shape index (κ2) is 18.2. The average molecular weight is 633 g/mol. The van der Waals surface area contributed by atoms with Gasteiger partial charge >= 0.3 is 5.97 Å². The van der Waals surface area contributed by atoms with Gasteiger partial charge in [0.05, 0.1) is 25.4 Å². The molecule has 1 fully saturated rings. The van der Waals surface area contributed by atoms with E-state index < -0.39 is 48.8 Å². The second-order valence-electron chi connectivity index (χ2n) is 12.1. The molecule has 9 heteroatoms. The quantitative estimate of drug-likeness (QED) is 0.0531. The standard InChI is InChI=1S/C36H47F3O6/c1-4-5-6-7-25-8-10-26(11-9-25)12-13-27-14-17-31(34(39)33(27)38)30-16-15-28(18-32(30)37)29(21-44-35(42)23(2)19-40)22-45-36(43)24(3)20-41/h14-18,25-26,29,35,40-42H,2-13,19-22H2,1H3. The minimum atomic E-state index is -1.52. The fourth-order valence-corrected chi connectivity index (χ4v) is 5.83. The third-order valence-corrected chi connectivity index (χ3v) is 8.82. The Kier molecular flexibility index (Phi) is 14.8. The smallest absolute Gasteiger partial charge is 0.335 e. The van der Waals surface area contributed by atoms with Crippen LogP contribution in [0.2, 0.25) is 0 Å². The highest BCUT2D eigenvalue weighted by Gasteiger charge is 2.24. The van der Waals surface area contributed by atoms with Gasteiger partial charge in [0.25, 0.3) is 0 Å². The van der Waals surface area contributed by atoms with Gasteiger partial charge in [-0.3, -0.25) is 0 Å². The molecular formula is C36H47F3O6. The van der Waals surface area contributed by atoms with Crippen LogP contribution in [-0.4, -0.2) is 54.0 Å². The van der Waals surface area contributed by atoms with Crippen LogP contribution in [0.25, 0.3) is 11.1 Å². The predicted octanol–water partition coefficient (Wildman–Crippen LogP) is 7.15. The van der Waals surface area contributed by atoms with E-state index in [0.29, 0.717) is 12.3 Å². The molecule has 1 saturated carbocycles. The van der Waals surface area contributed by atoms with Gasteiger partial charge in [0.15, 0.2) is 17.9 Å². The maximum Gasteiger partial charge on any atom is 0.335 e. The first kappa shape index (κ1) is 36.5. The zero-order chi connectivity index (χ0) is 32.9. The van der Waals surface area contributed by atoms with Crippen LogP contribution < -0.4 is 0 Å². The molecule has 2 unspecified atom stereocenters. The van der Waals surface area contributed by atoms with Gasteiger partial charge in [-0.25, -0.2) is 18.0 Å². The summed E-state index contributed by atoms with van der Waals surface area (Å²) in [5.41, 5.74) is 0.0363. The van der Waals surface area contributed by atoms with E-state index in [1.54, 1.807) is 0 Å². The highest BCUT2D eigenvalue weighted by atomic mass is 19.2. The van der Waals surface area contributed by atoms with E-state index in [9.17, 15) is 9.90 Å². The second-order valence-corrected chi connectivity index (χ2v) is 12.1. The van der Waals surface area contributed by atoms with Crippen molar-refractivity contribution in [3.63, 3.8) is 0 Å². The van der Waals surface area contributed by atoms with Crippen molar-refractivity contribution in [3.8, 4) is 11.1 Å². The first-order valence-corrected chi connectivity index (χ1v) is 15.9. The molecule has 0 amide bonds. The summed E-state index contributed by atoms with van der Waals surface area (Å²) < 4.78 is 56.4. The number of halogens is 3. The largest absolute Gasteiger partial charge is 0.462 e. The number of hydrogen-bond donors (Lipinski definition) is 3. The number of carbonyl (C=O) groups excluding carboxylic acids is 1. The molecule has 45 heavy (non-hydrogen) atoms. The fraction of sp³-hybridized carbons (Fsp3) is 0.528. The van der Waals surface area contributed by atoms with Crippen LogP contribution in [0.15, 0.2) is 54.6 Å². The van der Waals surface area contributed by atoms with E-state index in [1.165, 1.54) is 62.8 Å². The van der Waals surface area contributed by atoms with Gasteiger partial charge in [-0.05, 0) is 41.9 Å². The lowest BCUT2D eigenvalue weighted by Crippen LogP contribution is -2.24. The molecule has 3 N–H and O–H groups in total. The van der Waals surface area contributed by atoms with E-state index in [1.807, 2.05) is 0 Å². The Morgan fingerprint density at radius 1 is 0.911 bits per heavy atom. The van der Waals surface area contributed by atoms with Crippen molar-refractivity contribution >= 4 is 5.97 Å². The normalized spacial score (nSPS) is 17.9. The first-order valence-electron chi connectivity index (χ1n) is 15.9. The molecule has 3 rings (SSSR count). The number of aliphatic hydroxyl groups is 3. The summed E-state index contributed by atoms with van der Waals surface area (Å²) in [6, 6.07) is 6.81. The molecule has 0 heterocycles. The molecule has 0 spiro atoms. The summed E-state index contributed by atoms with van der Waals surface area (Å²) in [4.78, 5) is 12.0. The van der Waals surface area contributed by atoms with Crippen LogP contribution in [0.5, 0.6) is 0 Å². The number of benzene rings is 2. The summed E-state index contributed by atoms with van der Waals surface area (Å²) in [6.07, 6.45) is 9.40. The number of aliphatic hydroxyl groups excluding tert-OH is 3. The lowest BCUT2D eigenvalue weighted by molar-refractivity contribution is -0.141.